The Morgan fingerprint density at radius 1 is 1.28 bits per heavy atom. The highest BCUT2D eigenvalue weighted by Crippen LogP contribution is 2.08. The third-order valence-electron chi connectivity index (χ3n) is 2.33. The second-order valence-electron chi connectivity index (χ2n) is 3.68. The maximum atomic E-state index is 11.8. The number of anilines is 1. The Balaban J connectivity index is 2.20. The molecule has 18 heavy (non-hydrogen) atoms. The van der Waals surface area contributed by atoms with E-state index in [0.29, 0.717) is 0 Å². The number of imidazole rings is 2. The number of aryl methyl sites for hydroxylation is 2. The summed E-state index contributed by atoms with van der Waals surface area (Å²) in [4.78, 5) is 30.2. The summed E-state index contributed by atoms with van der Waals surface area (Å²) in [6, 6.07) is 0. The molecule has 94 valence electrons. The van der Waals surface area contributed by atoms with E-state index >= 15 is 0 Å². The molecular weight excluding hydrogens is 238 g/mol. The van der Waals surface area contributed by atoms with E-state index in [1.54, 1.807) is 17.8 Å². The van der Waals surface area contributed by atoms with Gasteiger partial charge in [-0.2, -0.15) is 0 Å². The normalized spacial score (nSPS) is 10.3. The highest BCUT2D eigenvalue weighted by atomic mass is 16.4. The van der Waals surface area contributed by atoms with Crippen LogP contribution in [0.15, 0.2) is 18.6 Å². The Hall–Kier alpha value is -2.64. The largest absolute Gasteiger partial charge is 0.475 e. The molecule has 8 nitrogen and oxygen atoms in total. The molecule has 1 amide bonds. The zero-order valence-corrected chi connectivity index (χ0v) is 9.78. The second kappa shape index (κ2) is 4.32. The molecule has 0 fully saturated rings. The molecule has 0 aliphatic carbocycles. The predicted octanol–water partition coefficient (Wildman–Crippen LogP) is 0.104. The number of nitrogens with zero attached hydrogens (tertiary/aromatic N) is 4. The van der Waals surface area contributed by atoms with Gasteiger partial charge in [0.1, 0.15) is 0 Å². The van der Waals surface area contributed by atoms with E-state index in [9.17, 15) is 9.59 Å². The Labute approximate surface area is 102 Å². The third kappa shape index (κ3) is 2.08. The first kappa shape index (κ1) is 11.8. The van der Waals surface area contributed by atoms with Gasteiger partial charge in [-0.1, -0.05) is 0 Å². The highest BCUT2D eigenvalue weighted by Gasteiger charge is 2.16. The van der Waals surface area contributed by atoms with Crippen molar-refractivity contribution in [2.75, 3.05) is 5.32 Å². The van der Waals surface area contributed by atoms with Crippen LogP contribution in [0.25, 0.3) is 0 Å². The molecule has 0 saturated heterocycles. The number of hydrogen-bond donors (Lipinski definition) is 2. The summed E-state index contributed by atoms with van der Waals surface area (Å²) in [6.45, 7) is 0. The van der Waals surface area contributed by atoms with Gasteiger partial charge in [-0.05, 0) is 0 Å². The lowest BCUT2D eigenvalue weighted by molar-refractivity contribution is 0.0679. The summed E-state index contributed by atoms with van der Waals surface area (Å²) in [5.41, 5.74) is 0. The minimum atomic E-state index is -1.16. The highest BCUT2D eigenvalue weighted by molar-refractivity contribution is 6.01. The molecule has 0 atom stereocenters. The molecule has 0 spiro atoms. The summed E-state index contributed by atoms with van der Waals surface area (Å²) in [7, 11) is 3.22. The van der Waals surface area contributed by atoms with E-state index in [0.717, 1.165) is 0 Å². The average Bonchev–Trinajstić information content (AvgIpc) is 2.84. The Kier molecular flexibility index (Phi) is 2.84. The average molecular weight is 249 g/mol. The molecule has 2 heterocycles. The van der Waals surface area contributed by atoms with Crippen molar-refractivity contribution < 1.29 is 14.7 Å². The van der Waals surface area contributed by atoms with Gasteiger partial charge in [0.2, 0.25) is 5.82 Å². The first-order valence-electron chi connectivity index (χ1n) is 5.04. The van der Waals surface area contributed by atoms with E-state index < -0.39 is 11.9 Å². The molecule has 0 aliphatic rings. The summed E-state index contributed by atoms with van der Waals surface area (Å²) in [5, 5.41) is 11.3. The minimum absolute atomic E-state index is 0.148. The van der Waals surface area contributed by atoms with E-state index in [1.165, 1.54) is 24.0 Å². The first-order valence-corrected chi connectivity index (χ1v) is 5.04. The lowest BCUT2D eigenvalue weighted by atomic mass is 10.5. The number of hydrogen-bond acceptors (Lipinski definition) is 4. The number of carbonyl (C=O) groups excluding carboxylic acids is 1. The van der Waals surface area contributed by atoms with E-state index in [1.807, 2.05) is 0 Å². The molecule has 0 bridgehead atoms. The molecule has 0 aliphatic heterocycles. The topological polar surface area (TPSA) is 102 Å². The molecule has 8 heteroatoms. The van der Waals surface area contributed by atoms with Crippen LogP contribution in [0, 0.1) is 0 Å². The van der Waals surface area contributed by atoms with Gasteiger partial charge in [-0.25, -0.2) is 14.8 Å². The minimum Gasteiger partial charge on any atom is -0.475 e. The van der Waals surface area contributed by atoms with Gasteiger partial charge >= 0.3 is 5.97 Å². The monoisotopic (exact) mass is 249 g/mol. The van der Waals surface area contributed by atoms with Crippen LogP contribution in [-0.4, -0.2) is 36.1 Å². The number of amides is 1. The van der Waals surface area contributed by atoms with Crippen molar-refractivity contribution in [3.8, 4) is 0 Å². The van der Waals surface area contributed by atoms with Crippen LogP contribution in [0.2, 0.25) is 0 Å². The Bertz CT molecular complexity index is 613. The van der Waals surface area contributed by atoms with Crippen molar-refractivity contribution in [1.82, 2.24) is 19.1 Å². The Morgan fingerprint density at radius 3 is 2.50 bits per heavy atom. The summed E-state index contributed by atoms with van der Waals surface area (Å²) < 4.78 is 2.87. The fraction of sp³-hybridized carbons (Fsp3) is 0.200. The zero-order valence-electron chi connectivity index (χ0n) is 9.78. The lowest BCUT2D eigenvalue weighted by Gasteiger charge is -2.00. The molecule has 0 unspecified atom stereocenters. The number of carboxylic acids is 1. The van der Waals surface area contributed by atoms with Crippen molar-refractivity contribution in [2.45, 2.75) is 0 Å². The Morgan fingerprint density at radius 2 is 2.00 bits per heavy atom. The number of aromatic carboxylic acids is 1. The van der Waals surface area contributed by atoms with Crippen LogP contribution in [0.1, 0.15) is 21.2 Å². The van der Waals surface area contributed by atoms with Gasteiger partial charge in [0.05, 0.1) is 0 Å². The molecule has 0 radical (unpaired) electrons. The summed E-state index contributed by atoms with van der Waals surface area (Å²) >= 11 is 0. The maximum Gasteiger partial charge on any atom is 0.372 e. The molecule has 2 N–H and O–H groups in total. The fourth-order valence-electron chi connectivity index (χ4n) is 1.48. The quantitative estimate of drug-likeness (QED) is 0.803. The maximum absolute atomic E-state index is 11.8. The zero-order chi connectivity index (χ0) is 13.3. The van der Waals surface area contributed by atoms with E-state index in [4.69, 9.17) is 5.11 Å². The van der Waals surface area contributed by atoms with Crippen molar-refractivity contribution in [1.29, 1.82) is 0 Å². The van der Waals surface area contributed by atoms with Gasteiger partial charge < -0.3 is 19.6 Å². The molecule has 2 aromatic heterocycles. The molecule has 0 aromatic carbocycles. The third-order valence-corrected chi connectivity index (χ3v) is 2.33. The SMILES string of the molecule is Cn1cc(NC(=O)c2nccn2C)nc1C(=O)O. The van der Waals surface area contributed by atoms with Gasteiger partial charge in [0, 0.05) is 32.7 Å². The van der Waals surface area contributed by atoms with Crippen molar-refractivity contribution in [3.63, 3.8) is 0 Å². The number of rotatable bonds is 3. The standard InChI is InChI=1S/C10H11N5O3/c1-14-4-3-11-7(14)9(16)13-6-5-15(2)8(12-6)10(17)18/h3-5H,1-2H3,(H,13,16)(H,17,18). The van der Waals surface area contributed by atoms with Crippen LogP contribution in [0.3, 0.4) is 0 Å². The molecule has 0 saturated carbocycles. The van der Waals surface area contributed by atoms with Gasteiger partial charge in [0.15, 0.2) is 11.6 Å². The second-order valence-corrected chi connectivity index (χ2v) is 3.68. The predicted molar refractivity (Wildman–Crippen MR) is 61.3 cm³/mol. The summed E-state index contributed by atoms with van der Waals surface area (Å²) in [5.74, 6) is -1.36. The molecular formula is C10H11N5O3. The van der Waals surface area contributed by atoms with Crippen molar-refractivity contribution in [3.05, 3.63) is 30.2 Å². The molecule has 2 rings (SSSR count). The lowest BCUT2D eigenvalue weighted by Crippen LogP contribution is -2.17. The van der Waals surface area contributed by atoms with Crippen LogP contribution in [0.5, 0.6) is 0 Å². The van der Waals surface area contributed by atoms with Crippen LogP contribution >= 0.6 is 0 Å². The molecule has 2 aromatic rings. The number of nitrogens with one attached hydrogen (secondary N) is 1. The van der Waals surface area contributed by atoms with Crippen molar-refractivity contribution in [2.24, 2.45) is 14.1 Å². The van der Waals surface area contributed by atoms with E-state index in [-0.39, 0.29) is 17.5 Å². The smallest absolute Gasteiger partial charge is 0.372 e. The number of carboxylic acid groups (broad SMARTS) is 1. The van der Waals surface area contributed by atoms with E-state index in [2.05, 4.69) is 15.3 Å². The van der Waals surface area contributed by atoms with Gasteiger partial charge in [-0.15, -0.1) is 0 Å². The summed E-state index contributed by atoms with van der Waals surface area (Å²) in [6.07, 6.45) is 4.55. The van der Waals surface area contributed by atoms with Crippen molar-refractivity contribution >= 4 is 17.7 Å². The number of aromatic nitrogens is 4. The van der Waals surface area contributed by atoms with Crippen LogP contribution in [0.4, 0.5) is 5.82 Å². The fourth-order valence-corrected chi connectivity index (χ4v) is 1.48. The van der Waals surface area contributed by atoms with Gasteiger partial charge in [-0.3, -0.25) is 4.79 Å². The number of carbonyl (C=O) groups is 2. The van der Waals surface area contributed by atoms with Gasteiger partial charge in [0.25, 0.3) is 5.91 Å². The first-order chi connectivity index (χ1) is 8.49. The van der Waals surface area contributed by atoms with Crippen LogP contribution < -0.4 is 5.32 Å². The van der Waals surface area contributed by atoms with Crippen LogP contribution in [-0.2, 0) is 14.1 Å².